The molecule has 0 aromatic heterocycles. The van der Waals surface area contributed by atoms with Gasteiger partial charge in [0, 0.05) is 14.9 Å². The lowest BCUT2D eigenvalue weighted by Crippen LogP contribution is -2.32. The highest BCUT2D eigenvalue weighted by molar-refractivity contribution is 14.1. The van der Waals surface area contributed by atoms with Gasteiger partial charge in [-0.15, -0.1) is 0 Å². The van der Waals surface area contributed by atoms with Crippen LogP contribution >= 0.6 is 34.4 Å². The maximum absolute atomic E-state index is 12.9. The van der Waals surface area contributed by atoms with Gasteiger partial charge in [0.1, 0.15) is 5.82 Å². The summed E-state index contributed by atoms with van der Waals surface area (Å²) >= 11 is 3.79. The van der Waals surface area contributed by atoms with Crippen molar-refractivity contribution in [1.29, 1.82) is 0 Å². The number of carbonyl (C=O) groups excluding carboxylic acids is 1. The first-order valence-electron chi connectivity index (χ1n) is 5.35. The molecule has 1 aromatic carbocycles. The average Bonchev–Trinajstić information content (AvgIpc) is 3.07. The number of hydrogen-bond acceptors (Lipinski definition) is 2. The van der Waals surface area contributed by atoms with Crippen LogP contribution in [0.25, 0.3) is 0 Å². The van der Waals surface area contributed by atoms with Gasteiger partial charge in [-0.2, -0.15) is 11.8 Å². The van der Waals surface area contributed by atoms with Crippen LogP contribution in [0.3, 0.4) is 0 Å². The second-order valence-electron chi connectivity index (χ2n) is 4.19. The van der Waals surface area contributed by atoms with E-state index >= 15 is 0 Å². The van der Waals surface area contributed by atoms with E-state index in [0.717, 1.165) is 12.8 Å². The summed E-state index contributed by atoms with van der Waals surface area (Å²) in [4.78, 5) is 11.9. The van der Waals surface area contributed by atoms with Gasteiger partial charge in [0.05, 0.1) is 5.56 Å². The first-order valence-corrected chi connectivity index (χ1v) is 7.65. The molecular weight excluding hydrogens is 352 g/mol. The summed E-state index contributed by atoms with van der Waals surface area (Å²) in [5.41, 5.74) is 0.545. The molecule has 1 amide bonds. The summed E-state index contributed by atoms with van der Waals surface area (Å²) in [6.45, 7) is 0.695. The van der Waals surface area contributed by atoms with Crippen LogP contribution in [0.5, 0.6) is 0 Å². The highest BCUT2D eigenvalue weighted by Crippen LogP contribution is 2.46. The molecule has 0 unspecified atom stereocenters. The molecule has 2 nitrogen and oxygen atoms in total. The second-order valence-corrected chi connectivity index (χ2v) is 6.63. The van der Waals surface area contributed by atoms with Crippen molar-refractivity contribution in [2.75, 3.05) is 12.8 Å². The van der Waals surface area contributed by atoms with Gasteiger partial charge in [-0.25, -0.2) is 4.39 Å². The van der Waals surface area contributed by atoms with Crippen LogP contribution in [0, 0.1) is 9.39 Å². The Kier molecular flexibility index (Phi) is 3.97. The summed E-state index contributed by atoms with van der Waals surface area (Å²) in [5, 5.41) is 2.93. The number of thioether (sulfide) groups is 1. The van der Waals surface area contributed by atoms with E-state index in [1.54, 1.807) is 11.8 Å². The maximum Gasteiger partial charge on any atom is 0.252 e. The lowest BCUT2D eigenvalue weighted by atomic mass is 10.2. The average molecular weight is 365 g/mol. The quantitative estimate of drug-likeness (QED) is 0.832. The number of carbonyl (C=O) groups is 1. The van der Waals surface area contributed by atoms with E-state index in [2.05, 4.69) is 11.6 Å². The molecule has 0 aliphatic heterocycles. The van der Waals surface area contributed by atoms with E-state index in [4.69, 9.17) is 0 Å². The van der Waals surface area contributed by atoms with Gasteiger partial charge < -0.3 is 5.32 Å². The zero-order valence-corrected chi connectivity index (χ0v) is 12.4. The van der Waals surface area contributed by atoms with Crippen LogP contribution in [0.2, 0.25) is 0 Å². The Hall–Kier alpha value is -0.300. The Morgan fingerprint density at radius 1 is 1.59 bits per heavy atom. The summed E-state index contributed by atoms with van der Waals surface area (Å²) < 4.78 is 13.8. The predicted octanol–water partition coefficient (Wildman–Crippen LogP) is 3.06. The molecule has 17 heavy (non-hydrogen) atoms. The number of benzene rings is 1. The van der Waals surface area contributed by atoms with Crippen molar-refractivity contribution in [2.24, 2.45) is 0 Å². The van der Waals surface area contributed by atoms with Gasteiger partial charge >= 0.3 is 0 Å². The van der Waals surface area contributed by atoms with Gasteiger partial charge in [0.25, 0.3) is 5.91 Å². The van der Waals surface area contributed by atoms with Crippen molar-refractivity contribution in [2.45, 2.75) is 17.6 Å². The lowest BCUT2D eigenvalue weighted by Gasteiger charge is -2.13. The molecule has 1 fully saturated rings. The van der Waals surface area contributed by atoms with Crippen LogP contribution in [-0.2, 0) is 0 Å². The van der Waals surface area contributed by atoms with Crippen LogP contribution in [-0.4, -0.2) is 23.5 Å². The van der Waals surface area contributed by atoms with Gasteiger partial charge in [0.15, 0.2) is 0 Å². The molecule has 0 saturated heterocycles. The molecule has 0 bridgehead atoms. The summed E-state index contributed by atoms with van der Waals surface area (Å²) in [6, 6.07) is 4.22. The van der Waals surface area contributed by atoms with E-state index in [-0.39, 0.29) is 16.5 Å². The fourth-order valence-electron chi connectivity index (χ4n) is 1.60. The number of nitrogens with one attached hydrogen (secondary N) is 1. The van der Waals surface area contributed by atoms with Crippen molar-refractivity contribution >= 4 is 40.3 Å². The lowest BCUT2D eigenvalue weighted by molar-refractivity contribution is 0.0952. The number of amides is 1. The molecule has 1 aliphatic carbocycles. The van der Waals surface area contributed by atoms with Crippen molar-refractivity contribution < 1.29 is 9.18 Å². The summed E-state index contributed by atoms with van der Waals surface area (Å²) in [5.74, 6) is -0.427. The Morgan fingerprint density at radius 2 is 2.29 bits per heavy atom. The monoisotopic (exact) mass is 365 g/mol. The predicted molar refractivity (Wildman–Crippen MR) is 76.9 cm³/mol. The molecular formula is C12H13FINOS. The molecule has 0 radical (unpaired) electrons. The Balaban J connectivity index is 2.00. The SMILES string of the molecule is CSC1(CNC(=O)c2ccc(F)cc2I)CC1. The summed E-state index contributed by atoms with van der Waals surface area (Å²) in [6.07, 6.45) is 4.39. The summed E-state index contributed by atoms with van der Waals surface area (Å²) in [7, 11) is 0. The Bertz CT molecular complexity index is 448. The first kappa shape index (κ1) is 13.1. The third kappa shape index (κ3) is 3.13. The molecule has 2 rings (SSSR count). The van der Waals surface area contributed by atoms with Crippen LogP contribution in [0.1, 0.15) is 23.2 Å². The number of rotatable bonds is 4. The smallest absolute Gasteiger partial charge is 0.252 e. The number of halogens is 2. The normalized spacial score (nSPS) is 16.6. The maximum atomic E-state index is 12.9. The highest BCUT2D eigenvalue weighted by atomic mass is 127. The second kappa shape index (κ2) is 5.14. The fraction of sp³-hybridized carbons (Fsp3) is 0.417. The minimum atomic E-state index is -0.311. The first-order chi connectivity index (χ1) is 8.06. The Labute approximate surface area is 118 Å². The molecule has 0 heterocycles. The molecule has 1 aliphatic rings. The zero-order valence-electron chi connectivity index (χ0n) is 9.43. The molecule has 5 heteroatoms. The van der Waals surface area contributed by atoms with Gasteiger partial charge in [-0.1, -0.05) is 0 Å². The molecule has 0 spiro atoms. The minimum absolute atomic E-state index is 0.116. The zero-order chi connectivity index (χ0) is 12.5. The van der Waals surface area contributed by atoms with Crippen molar-refractivity contribution in [1.82, 2.24) is 5.32 Å². The van der Waals surface area contributed by atoms with E-state index in [1.165, 1.54) is 18.2 Å². The van der Waals surface area contributed by atoms with Crippen molar-refractivity contribution in [3.8, 4) is 0 Å². The standard InChI is InChI=1S/C12H13FINOS/c1-17-12(4-5-12)7-15-11(16)9-3-2-8(13)6-10(9)14/h2-3,6H,4-5,7H2,1H3,(H,15,16). The van der Waals surface area contributed by atoms with Gasteiger partial charge in [-0.3, -0.25) is 4.79 Å². The van der Waals surface area contributed by atoms with Crippen molar-refractivity contribution in [3.63, 3.8) is 0 Å². The minimum Gasteiger partial charge on any atom is -0.351 e. The van der Waals surface area contributed by atoms with Crippen LogP contribution in [0.4, 0.5) is 4.39 Å². The molecule has 1 N–H and O–H groups in total. The van der Waals surface area contributed by atoms with E-state index < -0.39 is 0 Å². The largest absolute Gasteiger partial charge is 0.351 e. The molecule has 0 atom stereocenters. The topological polar surface area (TPSA) is 29.1 Å². The van der Waals surface area contributed by atoms with E-state index in [1.807, 2.05) is 22.6 Å². The van der Waals surface area contributed by atoms with E-state index in [9.17, 15) is 9.18 Å². The highest BCUT2D eigenvalue weighted by Gasteiger charge is 2.41. The van der Waals surface area contributed by atoms with Crippen LogP contribution < -0.4 is 5.32 Å². The Morgan fingerprint density at radius 3 is 2.82 bits per heavy atom. The fourth-order valence-corrected chi connectivity index (χ4v) is 3.05. The van der Waals surface area contributed by atoms with Crippen molar-refractivity contribution in [3.05, 3.63) is 33.1 Å². The van der Waals surface area contributed by atoms with Gasteiger partial charge in [-0.05, 0) is 59.9 Å². The van der Waals surface area contributed by atoms with Gasteiger partial charge in [0.2, 0.25) is 0 Å². The molecule has 92 valence electrons. The third-order valence-electron chi connectivity index (χ3n) is 2.99. The molecule has 1 saturated carbocycles. The number of hydrogen-bond donors (Lipinski definition) is 1. The molecule has 1 aromatic rings. The van der Waals surface area contributed by atoms with E-state index in [0.29, 0.717) is 15.7 Å². The third-order valence-corrected chi connectivity index (χ3v) is 5.30. The van der Waals surface area contributed by atoms with Crippen LogP contribution in [0.15, 0.2) is 18.2 Å².